The van der Waals surface area contributed by atoms with E-state index in [0.717, 1.165) is 17.0 Å². The van der Waals surface area contributed by atoms with Crippen LogP contribution in [0.3, 0.4) is 0 Å². The summed E-state index contributed by atoms with van der Waals surface area (Å²) in [7, 11) is 1.76. The molecule has 2 aromatic rings. The van der Waals surface area contributed by atoms with E-state index in [1.165, 1.54) is 4.90 Å². The highest BCUT2D eigenvalue weighted by atomic mass is 79.9. The Balaban J connectivity index is 1.77. The van der Waals surface area contributed by atoms with Gasteiger partial charge in [-0.1, -0.05) is 21.1 Å². The fourth-order valence-electron chi connectivity index (χ4n) is 2.10. The van der Waals surface area contributed by atoms with Gasteiger partial charge in [-0.15, -0.1) is 11.8 Å². The highest BCUT2D eigenvalue weighted by molar-refractivity contribution is 9.10. The predicted octanol–water partition coefficient (Wildman–Crippen LogP) is 3.42. The molecule has 0 amide bonds. The third kappa shape index (κ3) is 7.07. The Morgan fingerprint density at radius 3 is 2.60 bits per heavy atom. The molecule has 0 unspecified atom stereocenters. The van der Waals surface area contributed by atoms with Crippen molar-refractivity contribution >= 4 is 33.7 Å². The average molecular weight is 426 g/mol. The molecule has 0 fully saturated rings. The normalized spacial score (nSPS) is 12.3. The lowest BCUT2D eigenvalue weighted by atomic mass is 10.2. The zero-order valence-corrected chi connectivity index (χ0v) is 17.4. The number of nitrogens with one attached hydrogen (secondary N) is 2. The molecule has 1 aromatic carbocycles. The fraction of sp³-hybridized carbons (Fsp3) is 0.471. The molecule has 1 heterocycles. The molecule has 0 aliphatic heterocycles. The van der Waals surface area contributed by atoms with Crippen molar-refractivity contribution in [3.8, 4) is 0 Å². The highest BCUT2D eigenvalue weighted by Crippen LogP contribution is 2.32. The van der Waals surface area contributed by atoms with E-state index < -0.39 is 0 Å². The minimum atomic E-state index is 0.0229. The van der Waals surface area contributed by atoms with Gasteiger partial charge in [0.15, 0.2) is 11.8 Å². The molecular formula is C17H24BrN5OS. The van der Waals surface area contributed by atoms with Crippen LogP contribution in [-0.2, 0) is 6.42 Å². The van der Waals surface area contributed by atoms with E-state index in [1.807, 2.05) is 18.7 Å². The number of aromatic nitrogens is 2. The smallest absolute Gasteiger partial charge is 0.228 e. The first-order valence-electron chi connectivity index (χ1n) is 8.06. The summed E-state index contributed by atoms with van der Waals surface area (Å²) in [5.41, 5.74) is 0. The largest absolute Gasteiger partial charge is 0.356 e. The van der Waals surface area contributed by atoms with E-state index in [4.69, 9.17) is 4.52 Å². The fourth-order valence-corrected chi connectivity index (χ4v) is 3.42. The lowest BCUT2D eigenvalue weighted by Crippen LogP contribution is -2.43. The van der Waals surface area contributed by atoms with E-state index in [0.29, 0.717) is 24.7 Å². The van der Waals surface area contributed by atoms with Crippen molar-refractivity contribution in [3.63, 3.8) is 0 Å². The Morgan fingerprint density at radius 2 is 2.00 bits per heavy atom. The molecule has 2 N–H and O–H groups in total. The molecule has 8 heteroatoms. The average Bonchev–Trinajstić information content (AvgIpc) is 2.98. The third-order valence-corrected chi connectivity index (χ3v) is 5.05. The molecule has 2 rings (SSSR count). The van der Waals surface area contributed by atoms with Gasteiger partial charge in [-0.05, 0) is 45.0 Å². The zero-order valence-electron chi connectivity index (χ0n) is 15.0. The second-order valence-corrected chi connectivity index (χ2v) is 8.85. The summed E-state index contributed by atoms with van der Waals surface area (Å²) >= 11 is 5.30. The summed E-state index contributed by atoms with van der Waals surface area (Å²) in [4.78, 5) is 9.69. The van der Waals surface area contributed by atoms with E-state index in [-0.39, 0.29) is 4.75 Å². The second kappa shape index (κ2) is 9.24. The first-order valence-corrected chi connectivity index (χ1v) is 9.67. The van der Waals surface area contributed by atoms with Crippen LogP contribution in [0.15, 0.2) is 43.1 Å². The van der Waals surface area contributed by atoms with E-state index in [2.05, 4.69) is 79.8 Å². The Bertz CT molecular complexity index is 699. The number of aliphatic imine (C=N–C) groups is 1. The molecule has 0 bridgehead atoms. The monoisotopic (exact) mass is 425 g/mol. The summed E-state index contributed by atoms with van der Waals surface area (Å²) in [5, 5.41) is 10.4. The van der Waals surface area contributed by atoms with E-state index >= 15 is 0 Å². The van der Waals surface area contributed by atoms with Crippen LogP contribution in [-0.4, -0.2) is 41.0 Å². The summed E-state index contributed by atoms with van der Waals surface area (Å²) in [6.45, 7) is 7.70. The van der Waals surface area contributed by atoms with Crippen LogP contribution in [0.25, 0.3) is 0 Å². The number of nitrogens with zero attached hydrogens (tertiary/aromatic N) is 3. The van der Waals surface area contributed by atoms with E-state index in [9.17, 15) is 0 Å². The van der Waals surface area contributed by atoms with Gasteiger partial charge in [0.05, 0.1) is 0 Å². The predicted molar refractivity (Wildman–Crippen MR) is 106 cm³/mol. The quantitative estimate of drug-likeness (QED) is 0.402. The lowest BCUT2D eigenvalue weighted by molar-refractivity contribution is 0.374. The molecule has 0 radical (unpaired) electrons. The van der Waals surface area contributed by atoms with Crippen molar-refractivity contribution in [3.05, 3.63) is 40.5 Å². The standard InChI is InChI=1S/C17H24BrN5OS/c1-12-22-15(24-23-12)9-10-20-16(19-4)21-11-17(2,3)25-14-7-5-13(18)6-8-14/h5-8H,9-11H2,1-4H3,(H2,19,20,21). The van der Waals surface area contributed by atoms with Gasteiger partial charge in [0.2, 0.25) is 5.89 Å². The summed E-state index contributed by atoms with van der Waals surface area (Å²) in [6.07, 6.45) is 0.665. The summed E-state index contributed by atoms with van der Waals surface area (Å²) < 4.78 is 6.22. The van der Waals surface area contributed by atoms with Crippen molar-refractivity contribution in [2.45, 2.75) is 36.8 Å². The molecule has 0 saturated heterocycles. The van der Waals surface area contributed by atoms with Crippen LogP contribution in [0, 0.1) is 6.92 Å². The van der Waals surface area contributed by atoms with Crippen LogP contribution in [0.4, 0.5) is 0 Å². The molecule has 0 aliphatic rings. The van der Waals surface area contributed by atoms with Crippen LogP contribution < -0.4 is 10.6 Å². The number of guanidine groups is 1. The number of halogens is 1. The lowest BCUT2D eigenvalue weighted by Gasteiger charge is -2.25. The van der Waals surface area contributed by atoms with Gasteiger partial charge in [-0.2, -0.15) is 4.98 Å². The molecule has 0 atom stereocenters. The molecule has 25 heavy (non-hydrogen) atoms. The van der Waals surface area contributed by atoms with Crippen LogP contribution >= 0.6 is 27.7 Å². The number of hydrogen-bond donors (Lipinski definition) is 2. The van der Waals surface area contributed by atoms with Gasteiger partial charge >= 0.3 is 0 Å². The van der Waals surface area contributed by atoms with Crippen molar-refractivity contribution in [2.24, 2.45) is 4.99 Å². The zero-order chi connectivity index (χ0) is 18.3. The molecule has 6 nitrogen and oxygen atoms in total. The van der Waals surface area contributed by atoms with Crippen LogP contribution in [0.5, 0.6) is 0 Å². The minimum absolute atomic E-state index is 0.0229. The topological polar surface area (TPSA) is 75.3 Å². The maximum absolute atomic E-state index is 5.10. The van der Waals surface area contributed by atoms with Crippen molar-refractivity contribution in [2.75, 3.05) is 20.1 Å². The van der Waals surface area contributed by atoms with Crippen LogP contribution in [0.1, 0.15) is 25.6 Å². The Hall–Kier alpha value is -1.54. The molecular weight excluding hydrogens is 402 g/mol. The minimum Gasteiger partial charge on any atom is -0.356 e. The number of thioether (sulfide) groups is 1. The van der Waals surface area contributed by atoms with Gasteiger partial charge in [-0.3, -0.25) is 4.99 Å². The van der Waals surface area contributed by atoms with Crippen molar-refractivity contribution < 1.29 is 4.52 Å². The first kappa shape index (κ1) is 19.8. The highest BCUT2D eigenvalue weighted by Gasteiger charge is 2.20. The van der Waals surface area contributed by atoms with Crippen LogP contribution in [0.2, 0.25) is 0 Å². The Labute approximate surface area is 161 Å². The maximum atomic E-state index is 5.10. The van der Waals surface area contributed by atoms with Gasteiger partial charge in [0.1, 0.15) is 0 Å². The number of rotatable bonds is 7. The molecule has 1 aromatic heterocycles. The Kier molecular flexibility index (Phi) is 7.31. The summed E-state index contributed by atoms with van der Waals surface area (Å²) in [6, 6.07) is 8.36. The summed E-state index contributed by atoms with van der Waals surface area (Å²) in [5.74, 6) is 2.05. The molecule has 0 spiro atoms. The van der Waals surface area contributed by atoms with Gasteiger partial charge in [0.25, 0.3) is 0 Å². The number of hydrogen-bond acceptors (Lipinski definition) is 5. The van der Waals surface area contributed by atoms with Gasteiger partial charge in [-0.25, -0.2) is 0 Å². The SMILES string of the molecule is CN=C(NCCc1nc(C)no1)NCC(C)(C)Sc1ccc(Br)cc1. The van der Waals surface area contributed by atoms with E-state index in [1.54, 1.807) is 7.05 Å². The maximum Gasteiger partial charge on any atom is 0.228 e. The number of aryl methyl sites for hydroxylation is 1. The molecule has 0 saturated carbocycles. The molecule has 0 aliphatic carbocycles. The first-order chi connectivity index (χ1) is 11.9. The third-order valence-electron chi connectivity index (χ3n) is 3.31. The molecule has 136 valence electrons. The second-order valence-electron chi connectivity index (χ2n) is 6.15. The van der Waals surface area contributed by atoms with Crippen molar-refractivity contribution in [1.82, 2.24) is 20.8 Å². The van der Waals surface area contributed by atoms with Crippen molar-refractivity contribution in [1.29, 1.82) is 0 Å². The van der Waals surface area contributed by atoms with Gasteiger partial charge < -0.3 is 15.2 Å². The van der Waals surface area contributed by atoms with Gasteiger partial charge in [0, 0.05) is 40.7 Å². The number of benzene rings is 1. The Morgan fingerprint density at radius 1 is 1.28 bits per heavy atom.